The number of anilines is 1. The third-order valence-corrected chi connectivity index (χ3v) is 2.82. The Morgan fingerprint density at radius 3 is 3.00 bits per heavy atom. The SMILES string of the molecule is CN(CC(=O)NC1CC1)c1cc(C#N)cc(Cl)n1. The molecular weight excluding hydrogens is 252 g/mol. The number of pyridine rings is 1. The fraction of sp³-hybridized carbons (Fsp3) is 0.417. The molecule has 0 unspecified atom stereocenters. The first-order valence-corrected chi connectivity index (χ1v) is 6.04. The Morgan fingerprint density at radius 1 is 1.67 bits per heavy atom. The minimum absolute atomic E-state index is 0.0414. The predicted octanol–water partition coefficient (Wildman–Crippen LogP) is 1.32. The van der Waals surface area contributed by atoms with Gasteiger partial charge in [-0.3, -0.25) is 4.79 Å². The standard InChI is InChI=1S/C12H13ClN4O/c1-17(7-12(18)15-9-2-3-9)11-5-8(6-14)4-10(13)16-11/h4-5,9H,2-3,7H2,1H3,(H,15,18). The maximum atomic E-state index is 11.6. The van der Waals surface area contributed by atoms with Crippen molar-refractivity contribution >= 4 is 23.3 Å². The first kappa shape index (κ1) is 12.7. The van der Waals surface area contributed by atoms with Crippen molar-refractivity contribution in [1.29, 1.82) is 5.26 Å². The lowest BCUT2D eigenvalue weighted by atomic mass is 10.3. The van der Waals surface area contributed by atoms with Crippen LogP contribution in [0, 0.1) is 11.3 Å². The fourth-order valence-electron chi connectivity index (χ4n) is 1.54. The van der Waals surface area contributed by atoms with Crippen molar-refractivity contribution in [3.8, 4) is 6.07 Å². The molecule has 5 nitrogen and oxygen atoms in total. The molecule has 6 heteroatoms. The van der Waals surface area contributed by atoms with E-state index in [0.29, 0.717) is 17.4 Å². The van der Waals surface area contributed by atoms with Crippen LogP contribution in [-0.2, 0) is 4.79 Å². The van der Waals surface area contributed by atoms with E-state index >= 15 is 0 Å². The van der Waals surface area contributed by atoms with Gasteiger partial charge in [-0.25, -0.2) is 4.98 Å². The highest BCUT2D eigenvalue weighted by Crippen LogP contribution is 2.19. The van der Waals surface area contributed by atoms with E-state index in [9.17, 15) is 4.79 Å². The second kappa shape index (κ2) is 5.23. The summed E-state index contributed by atoms with van der Waals surface area (Å²) in [6.07, 6.45) is 2.12. The summed E-state index contributed by atoms with van der Waals surface area (Å²) in [5, 5.41) is 12.0. The first-order valence-electron chi connectivity index (χ1n) is 5.66. The van der Waals surface area contributed by atoms with Crippen molar-refractivity contribution < 1.29 is 4.79 Å². The molecule has 0 saturated heterocycles. The zero-order chi connectivity index (χ0) is 13.1. The number of carbonyl (C=O) groups excluding carboxylic acids is 1. The summed E-state index contributed by atoms with van der Waals surface area (Å²) < 4.78 is 0. The van der Waals surface area contributed by atoms with Gasteiger partial charge >= 0.3 is 0 Å². The molecular formula is C12H13ClN4O. The van der Waals surface area contributed by atoms with Gasteiger partial charge < -0.3 is 10.2 Å². The zero-order valence-corrected chi connectivity index (χ0v) is 10.7. The van der Waals surface area contributed by atoms with Gasteiger partial charge in [0.15, 0.2) is 0 Å². The quantitative estimate of drug-likeness (QED) is 0.833. The van der Waals surface area contributed by atoms with Crippen molar-refractivity contribution in [3.63, 3.8) is 0 Å². The summed E-state index contributed by atoms with van der Waals surface area (Å²) in [6.45, 7) is 0.203. The number of nitrogens with one attached hydrogen (secondary N) is 1. The third-order valence-electron chi connectivity index (χ3n) is 2.62. The lowest BCUT2D eigenvalue weighted by Gasteiger charge is -2.17. The maximum absolute atomic E-state index is 11.6. The summed E-state index contributed by atoms with van der Waals surface area (Å²) in [4.78, 5) is 17.4. The van der Waals surface area contributed by atoms with E-state index < -0.39 is 0 Å². The Morgan fingerprint density at radius 2 is 2.39 bits per heavy atom. The van der Waals surface area contributed by atoms with Gasteiger partial charge in [-0.05, 0) is 25.0 Å². The highest BCUT2D eigenvalue weighted by molar-refractivity contribution is 6.29. The summed E-state index contributed by atoms with van der Waals surface area (Å²) in [5.74, 6) is 0.477. The van der Waals surface area contributed by atoms with E-state index in [4.69, 9.17) is 16.9 Å². The fourth-order valence-corrected chi connectivity index (χ4v) is 1.74. The molecule has 0 spiro atoms. The van der Waals surface area contributed by atoms with Crippen LogP contribution < -0.4 is 10.2 Å². The normalized spacial score (nSPS) is 13.8. The second-order valence-electron chi connectivity index (χ2n) is 4.35. The summed E-state index contributed by atoms with van der Waals surface area (Å²) in [7, 11) is 1.74. The molecule has 18 heavy (non-hydrogen) atoms. The van der Waals surface area contributed by atoms with Gasteiger partial charge in [-0.1, -0.05) is 11.6 Å². The maximum Gasteiger partial charge on any atom is 0.239 e. The minimum atomic E-state index is -0.0414. The zero-order valence-electron chi connectivity index (χ0n) is 9.98. The number of halogens is 1. The Labute approximate surface area is 110 Å². The molecule has 1 saturated carbocycles. The van der Waals surface area contributed by atoms with Crippen LogP contribution in [0.5, 0.6) is 0 Å². The van der Waals surface area contributed by atoms with Crippen LogP contribution in [0.2, 0.25) is 5.15 Å². The van der Waals surface area contributed by atoms with Crippen LogP contribution in [0.1, 0.15) is 18.4 Å². The largest absolute Gasteiger partial charge is 0.352 e. The van der Waals surface area contributed by atoms with Gasteiger partial charge in [0.05, 0.1) is 18.2 Å². The summed E-state index contributed by atoms with van der Waals surface area (Å²) >= 11 is 5.81. The van der Waals surface area contributed by atoms with Gasteiger partial charge in [0, 0.05) is 13.1 Å². The Balaban J connectivity index is 2.03. The minimum Gasteiger partial charge on any atom is -0.352 e. The van der Waals surface area contributed by atoms with E-state index in [1.165, 1.54) is 6.07 Å². The molecule has 1 aromatic heterocycles. The van der Waals surface area contributed by atoms with E-state index in [2.05, 4.69) is 10.3 Å². The van der Waals surface area contributed by atoms with E-state index in [0.717, 1.165) is 12.8 Å². The average Bonchev–Trinajstić information content (AvgIpc) is 3.11. The Bertz CT molecular complexity index is 507. The molecule has 1 aliphatic carbocycles. The molecule has 0 radical (unpaired) electrons. The monoisotopic (exact) mass is 264 g/mol. The molecule has 0 aromatic carbocycles. The van der Waals surface area contributed by atoms with Crippen molar-refractivity contribution in [2.24, 2.45) is 0 Å². The van der Waals surface area contributed by atoms with Crippen molar-refractivity contribution in [2.75, 3.05) is 18.5 Å². The summed E-state index contributed by atoms with van der Waals surface area (Å²) in [6, 6.07) is 5.44. The average molecular weight is 265 g/mol. The van der Waals surface area contributed by atoms with E-state index in [1.54, 1.807) is 18.0 Å². The van der Waals surface area contributed by atoms with Gasteiger partial charge in [0.25, 0.3) is 0 Å². The third kappa shape index (κ3) is 3.34. The number of nitriles is 1. The van der Waals surface area contributed by atoms with E-state index in [-0.39, 0.29) is 17.6 Å². The number of amides is 1. The molecule has 1 amide bonds. The van der Waals surface area contributed by atoms with Gasteiger partial charge in [-0.15, -0.1) is 0 Å². The molecule has 2 rings (SSSR count). The van der Waals surface area contributed by atoms with Gasteiger partial charge in [0.1, 0.15) is 11.0 Å². The molecule has 94 valence electrons. The van der Waals surface area contributed by atoms with E-state index in [1.807, 2.05) is 6.07 Å². The summed E-state index contributed by atoms with van der Waals surface area (Å²) in [5.41, 5.74) is 0.430. The van der Waals surface area contributed by atoms with Gasteiger partial charge in [0.2, 0.25) is 5.91 Å². The Kier molecular flexibility index (Phi) is 3.68. The smallest absolute Gasteiger partial charge is 0.239 e. The van der Waals surface area contributed by atoms with Crippen LogP contribution in [0.3, 0.4) is 0 Å². The molecule has 1 N–H and O–H groups in total. The van der Waals surface area contributed by atoms with Crippen molar-refractivity contribution in [2.45, 2.75) is 18.9 Å². The number of hydrogen-bond donors (Lipinski definition) is 1. The number of rotatable bonds is 4. The van der Waals surface area contributed by atoms with Gasteiger partial charge in [-0.2, -0.15) is 5.26 Å². The first-order chi connectivity index (χ1) is 8.58. The molecule has 1 aromatic rings. The predicted molar refractivity (Wildman–Crippen MR) is 68.4 cm³/mol. The Hall–Kier alpha value is -1.80. The van der Waals surface area contributed by atoms with Crippen LogP contribution in [0.25, 0.3) is 0 Å². The lowest BCUT2D eigenvalue weighted by molar-refractivity contribution is -0.119. The number of aromatic nitrogens is 1. The second-order valence-corrected chi connectivity index (χ2v) is 4.73. The van der Waals surface area contributed by atoms with Crippen LogP contribution in [-0.4, -0.2) is 30.5 Å². The molecule has 0 atom stereocenters. The van der Waals surface area contributed by atoms with Crippen molar-refractivity contribution in [3.05, 3.63) is 22.8 Å². The number of nitrogens with zero attached hydrogens (tertiary/aromatic N) is 3. The highest BCUT2D eigenvalue weighted by atomic mass is 35.5. The molecule has 0 aliphatic heterocycles. The number of likely N-dealkylation sites (N-methyl/N-ethyl adjacent to an activating group) is 1. The number of carbonyl (C=O) groups is 1. The molecule has 1 fully saturated rings. The van der Waals surface area contributed by atoms with Crippen LogP contribution in [0.4, 0.5) is 5.82 Å². The number of hydrogen-bond acceptors (Lipinski definition) is 4. The topological polar surface area (TPSA) is 69.0 Å². The molecule has 0 bridgehead atoms. The van der Waals surface area contributed by atoms with Crippen molar-refractivity contribution in [1.82, 2.24) is 10.3 Å². The van der Waals surface area contributed by atoms with Crippen LogP contribution in [0.15, 0.2) is 12.1 Å². The van der Waals surface area contributed by atoms with Crippen LogP contribution >= 0.6 is 11.6 Å². The molecule has 1 heterocycles. The molecule has 1 aliphatic rings. The highest BCUT2D eigenvalue weighted by Gasteiger charge is 2.23. The lowest BCUT2D eigenvalue weighted by Crippen LogP contribution is -2.36.